The fourth-order valence-corrected chi connectivity index (χ4v) is 2.38. The summed E-state index contributed by atoms with van der Waals surface area (Å²) in [7, 11) is 1.69. The number of anilines is 1. The van der Waals surface area contributed by atoms with Crippen molar-refractivity contribution in [2.45, 2.75) is 6.32 Å². The van der Waals surface area contributed by atoms with Gasteiger partial charge in [0.15, 0.2) is 0 Å². The summed E-state index contributed by atoms with van der Waals surface area (Å²) in [6, 6.07) is 16.6. The maximum atomic E-state index is 5.18. The highest BCUT2D eigenvalue weighted by Gasteiger charge is 2.16. The first-order valence-electron chi connectivity index (χ1n) is 6.52. The van der Waals surface area contributed by atoms with Crippen LogP contribution in [0, 0.1) is 0 Å². The van der Waals surface area contributed by atoms with Crippen LogP contribution in [0.5, 0.6) is 5.75 Å². The van der Waals surface area contributed by atoms with E-state index in [1.165, 1.54) is 16.8 Å². The number of fused-ring (bicyclic) bond motifs is 1. The number of benzene rings is 2. The minimum absolute atomic E-state index is 0.350. The lowest BCUT2D eigenvalue weighted by Crippen LogP contribution is -2.28. The largest absolute Gasteiger partial charge is 0.497 e. The Bertz CT molecular complexity index is 592. The Morgan fingerprint density at radius 1 is 1.05 bits per heavy atom. The lowest BCUT2D eigenvalue weighted by Gasteiger charge is -2.19. The highest BCUT2D eigenvalue weighted by atomic mass is 16.5. The smallest absolute Gasteiger partial charge is 0.283 e. The molecule has 19 heavy (non-hydrogen) atoms. The summed E-state index contributed by atoms with van der Waals surface area (Å²) in [5, 5.41) is 3.56. The summed E-state index contributed by atoms with van der Waals surface area (Å²) in [5.74, 6) is 3.13. The van der Waals surface area contributed by atoms with Gasteiger partial charge in [-0.3, -0.25) is 0 Å². The molecule has 1 aliphatic rings. The molecule has 3 heteroatoms. The average molecular weight is 249 g/mol. The van der Waals surface area contributed by atoms with Gasteiger partial charge >= 0.3 is 0 Å². The predicted molar refractivity (Wildman–Crippen MR) is 81.6 cm³/mol. The molecule has 94 valence electrons. The van der Waals surface area contributed by atoms with E-state index in [0.29, 0.717) is 6.85 Å². The van der Waals surface area contributed by atoms with E-state index in [1.807, 2.05) is 12.1 Å². The van der Waals surface area contributed by atoms with Crippen LogP contribution in [0.1, 0.15) is 11.1 Å². The van der Waals surface area contributed by atoms with Crippen molar-refractivity contribution in [1.29, 1.82) is 0 Å². The zero-order valence-electron chi connectivity index (χ0n) is 11.0. The predicted octanol–water partition coefficient (Wildman–Crippen LogP) is 3.45. The Labute approximate surface area is 114 Å². The Balaban J connectivity index is 1.72. The van der Waals surface area contributed by atoms with Gasteiger partial charge in [0.2, 0.25) is 0 Å². The van der Waals surface area contributed by atoms with Gasteiger partial charge in [-0.05, 0) is 30.1 Å². The molecule has 1 heterocycles. The Morgan fingerprint density at radius 3 is 2.63 bits per heavy atom. The van der Waals surface area contributed by atoms with Gasteiger partial charge in [0.05, 0.1) is 7.11 Å². The zero-order valence-corrected chi connectivity index (χ0v) is 11.0. The van der Waals surface area contributed by atoms with Gasteiger partial charge in [-0.2, -0.15) is 0 Å². The van der Waals surface area contributed by atoms with Crippen LogP contribution in [-0.2, 0) is 6.32 Å². The third-order valence-electron chi connectivity index (χ3n) is 3.42. The van der Waals surface area contributed by atoms with Gasteiger partial charge < -0.3 is 9.96 Å². The molecule has 2 nitrogen and oxygen atoms in total. The van der Waals surface area contributed by atoms with E-state index in [-0.39, 0.29) is 0 Å². The van der Waals surface area contributed by atoms with E-state index in [9.17, 15) is 0 Å². The van der Waals surface area contributed by atoms with Crippen molar-refractivity contribution >= 4 is 18.6 Å². The number of hydrogen-bond donors (Lipinski definition) is 1. The molecule has 0 aliphatic carbocycles. The lowest BCUT2D eigenvalue weighted by atomic mass is 9.56. The molecule has 0 atom stereocenters. The molecule has 2 aromatic carbocycles. The molecule has 1 aliphatic heterocycles. The Hall–Kier alpha value is -2.16. The van der Waals surface area contributed by atoms with Crippen LogP contribution in [0.2, 0.25) is 0 Å². The van der Waals surface area contributed by atoms with E-state index in [1.54, 1.807) is 7.11 Å². The van der Waals surface area contributed by atoms with Gasteiger partial charge in [-0.15, -0.1) is 0 Å². The second-order valence-corrected chi connectivity index (χ2v) is 4.75. The first-order valence-corrected chi connectivity index (χ1v) is 6.52. The zero-order chi connectivity index (χ0) is 13.1. The van der Waals surface area contributed by atoms with Crippen LogP contribution in [-0.4, -0.2) is 14.0 Å². The fourth-order valence-electron chi connectivity index (χ4n) is 2.38. The van der Waals surface area contributed by atoms with Crippen molar-refractivity contribution in [1.82, 2.24) is 0 Å². The summed E-state index contributed by atoms with van der Waals surface area (Å²) in [4.78, 5) is 0. The van der Waals surface area contributed by atoms with Gasteiger partial charge in [0.1, 0.15) is 5.75 Å². The minimum Gasteiger partial charge on any atom is -0.497 e. The molecule has 0 radical (unpaired) electrons. The van der Waals surface area contributed by atoms with Crippen molar-refractivity contribution in [3.8, 4) is 5.75 Å². The maximum absolute atomic E-state index is 5.18. The molecule has 0 fully saturated rings. The van der Waals surface area contributed by atoms with Crippen molar-refractivity contribution in [2.75, 3.05) is 12.3 Å². The van der Waals surface area contributed by atoms with Crippen molar-refractivity contribution in [2.24, 2.45) is 0 Å². The number of rotatable bonds is 3. The molecule has 1 N–H and O–H groups in total. The molecule has 0 aromatic heterocycles. The maximum Gasteiger partial charge on any atom is 0.283 e. The fraction of sp³-hybridized carbons (Fsp3) is 0.125. The molecule has 3 rings (SSSR count). The minimum atomic E-state index is 0.350. The molecule has 0 amide bonds. The number of hydrogen-bond acceptors (Lipinski definition) is 2. The third kappa shape index (κ3) is 2.65. The van der Waals surface area contributed by atoms with E-state index in [0.717, 1.165) is 12.1 Å². The average Bonchev–Trinajstić information content (AvgIpc) is 2.48. The molecule has 2 aromatic rings. The molecule has 0 saturated carbocycles. The lowest BCUT2D eigenvalue weighted by molar-refractivity contribution is 0.414. The van der Waals surface area contributed by atoms with Crippen molar-refractivity contribution in [3.05, 3.63) is 65.6 Å². The van der Waals surface area contributed by atoms with Crippen molar-refractivity contribution < 1.29 is 4.74 Å². The van der Waals surface area contributed by atoms with Crippen LogP contribution in [0.3, 0.4) is 0 Å². The van der Waals surface area contributed by atoms with Crippen LogP contribution >= 0.6 is 0 Å². The number of methoxy groups -OCH3 is 1. The molecular weight excluding hydrogens is 233 g/mol. The van der Waals surface area contributed by atoms with Gasteiger partial charge in [0, 0.05) is 5.69 Å². The summed E-state index contributed by atoms with van der Waals surface area (Å²) >= 11 is 0. The standard InChI is InChI=1S/C16H16BNO/c1-19-15-8-6-13(7-9-15)12-17-11-10-14-4-2-3-5-16(14)18-17/h2-11,18H,12H2,1H3. The monoisotopic (exact) mass is 249 g/mol. The van der Waals surface area contributed by atoms with E-state index in [4.69, 9.17) is 4.74 Å². The SMILES string of the molecule is COc1ccc(CB2C=Cc3ccccc3N2)cc1. The number of ether oxygens (including phenoxy) is 1. The van der Waals surface area contributed by atoms with Crippen LogP contribution in [0.4, 0.5) is 5.69 Å². The van der Waals surface area contributed by atoms with Crippen LogP contribution in [0.15, 0.2) is 54.5 Å². The highest BCUT2D eigenvalue weighted by molar-refractivity contribution is 6.68. The normalized spacial score (nSPS) is 12.8. The van der Waals surface area contributed by atoms with E-state index in [2.05, 4.69) is 53.7 Å². The molecule has 0 saturated heterocycles. The first kappa shape index (κ1) is 11.9. The summed E-state index contributed by atoms with van der Waals surface area (Å²) < 4.78 is 5.18. The van der Waals surface area contributed by atoms with E-state index >= 15 is 0 Å². The summed E-state index contributed by atoms with van der Waals surface area (Å²) in [5.41, 5.74) is 3.78. The second kappa shape index (κ2) is 5.23. The van der Waals surface area contributed by atoms with Gasteiger partial charge in [0.25, 0.3) is 6.85 Å². The number of nitrogens with one attached hydrogen (secondary N) is 1. The third-order valence-corrected chi connectivity index (χ3v) is 3.42. The first-order chi connectivity index (χ1) is 9.35. The van der Waals surface area contributed by atoms with Crippen LogP contribution < -0.4 is 9.96 Å². The molecule has 0 spiro atoms. The summed E-state index contributed by atoms with van der Waals surface area (Å²) in [6.45, 7) is 0.350. The van der Waals surface area contributed by atoms with Crippen LogP contribution in [0.25, 0.3) is 6.08 Å². The van der Waals surface area contributed by atoms with E-state index < -0.39 is 0 Å². The Kier molecular flexibility index (Phi) is 3.28. The van der Waals surface area contributed by atoms with Gasteiger partial charge in [-0.1, -0.05) is 47.9 Å². The Morgan fingerprint density at radius 2 is 1.84 bits per heavy atom. The quantitative estimate of drug-likeness (QED) is 0.841. The highest BCUT2D eigenvalue weighted by Crippen LogP contribution is 2.22. The van der Waals surface area contributed by atoms with Gasteiger partial charge in [-0.25, -0.2) is 0 Å². The number of para-hydroxylation sites is 1. The molecule has 0 unspecified atom stereocenters. The summed E-state index contributed by atoms with van der Waals surface area (Å²) in [6.07, 6.45) is 3.18. The molecule has 0 bridgehead atoms. The second-order valence-electron chi connectivity index (χ2n) is 4.75. The molecular formula is C16H16BNO. The topological polar surface area (TPSA) is 21.3 Å². The van der Waals surface area contributed by atoms with Crippen molar-refractivity contribution in [3.63, 3.8) is 0 Å².